The number of nitrogens with zero attached hydrogens (tertiary/aromatic N) is 1. The van der Waals surface area contributed by atoms with E-state index < -0.39 is 0 Å². The first kappa shape index (κ1) is 13.4. The monoisotopic (exact) mass is 201 g/mol. The van der Waals surface area contributed by atoms with Gasteiger partial charge in [0.15, 0.2) is 0 Å². The molecule has 0 aromatic rings. The lowest BCUT2D eigenvalue weighted by Crippen LogP contribution is -2.50. The van der Waals surface area contributed by atoms with Crippen LogP contribution in [-0.4, -0.2) is 42.5 Å². The summed E-state index contributed by atoms with van der Waals surface area (Å²) in [5.74, 6) is 0.0581. The lowest BCUT2D eigenvalue weighted by atomic mass is 10.2. The highest BCUT2D eigenvalue weighted by Gasteiger charge is 2.21. The van der Waals surface area contributed by atoms with Gasteiger partial charge in [-0.05, 0) is 34.7 Å². The predicted octanol–water partition coefficient (Wildman–Crippen LogP) is 0.179. The lowest BCUT2D eigenvalue weighted by Gasteiger charge is -2.29. The van der Waals surface area contributed by atoms with Gasteiger partial charge >= 0.3 is 0 Å². The van der Waals surface area contributed by atoms with Gasteiger partial charge in [-0.3, -0.25) is 9.69 Å². The second kappa shape index (κ2) is 5.98. The fourth-order valence-corrected chi connectivity index (χ4v) is 1.14. The third-order valence-electron chi connectivity index (χ3n) is 2.46. The topological polar surface area (TPSA) is 58.4 Å². The summed E-state index contributed by atoms with van der Waals surface area (Å²) in [6.45, 7) is 8.38. The van der Waals surface area contributed by atoms with Crippen molar-refractivity contribution >= 4 is 5.91 Å². The predicted molar refractivity (Wildman–Crippen MR) is 59.0 cm³/mol. The molecule has 4 nitrogen and oxygen atoms in total. The van der Waals surface area contributed by atoms with Crippen molar-refractivity contribution in [2.24, 2.45) is 5.73 Å². The van der Waals surface area contributed by atoms with Gasteiger partial charge in [0.05, 0.1) is 6.04 Å². The van der Waals surface area contributed by atoms with E-state index in [0.29, 0.717) is 6.54 Å². The maximum atomic E-state index is 11.6. The molecule has 84 valence electrons. The normalized spacial score (nSPS) is 15.7. The smallest absolute Gasteiger partial charge is 0.237 e. The summed E-state index contributed by atoms with van der Waals surface area (Å²) in [6.07, 6.45) is 0. The molecule has 0 fully saturated rings. The fraction of sp³-hybridized carbons (Fsp3) is 0.900. The molecule has 0 bridgehead atoms. The number of hydrogen-bond donors (Lipinski definition) is 2. The van der Waals surface area contributed by atoms with Crippen molar-refractivity contribution in [3.8, 4) is 0 Å². The number of nitrogens with one attached hydrogen (secondary N) is 1. The average Bonchev–Trinajstić information content (AvgIpc) is 2.13. The first-order valence-corrected chi connectivity index (χ1v) is 5.12. The average molecular weight is 201 g/mol. The number of hydrogen-bond acceptors (Lipinski definition) is 3. The Labute approximate surface area is 86.8 Å². The minimum absolute atomic E-state index is 0.0581. The Kier molecular flexibility index (Phi) is 5.72. The van der Waals surface area contributed by atoms with E-state index >= 15 is 0 Å². The molecule has 0 rings (SSSR count). The Bertz CT molecular complexity index is 182. The van der Waals surface area contributed by atoms with Crippen LogP contribution in [0.5, 0.6) is 0 Å². The van der Waals surface area contributed by atoms with E-state index in [9.17, 15) is 4.79 Å². The molecule has 0 aromatic heterocycles. The molecular weight excluding hydrogens is 178 g/mol. The number of carbonyl (C=O) groups excluding carboxylic acids is 1. The minimum Gasteiger partial charge on any atom is -0.353 e. The Morgan fingerprint density at radius 2 is 1.86 bits per heavy atom. The highest BCUT2D eigenvalue weighted by Crippen LogP contribution is 2.01. The number of carbonyl (C=O) groups is 1. The highest BCUT2D eigenvalue weighted by molar-refractivity contribution is 5.81. The molecule has 0 aromatic carbocycles. The summed E-state index contributed by atoms with van der Waals surface area (Å²) in [4.78, 5) is 13.6. The van der Waals surface area contributed by atoms with Crippen LogP contribution in [0.3, 0.4) is 0 Å². The minimum atomic E-state index is -0.129. The number of amides is 1. The maximum Gasteiger partial charge on any atom is 0.237 e. The van der Waals surface area contributed by atoms with Gasteiger partial charge in [-0.1, -0.05) is 0 Å². The molecular formula is C10H23N3O. The van der Waals surface area contributed by atoms with Crippen LogP contribution in [0.25, 0.3) is 0 Å². The Morgan fingerprint density at radius 1 is 1.36 bits per heavy atom. The molecule has 0 radical (unpaired) electrons. The Balaban J connectivity index is 4.16. The Morgan fingerprint density at radius 3 is 2.21 bits per heavy atom. The van der Waals surface area contributed by atoms with E-state index in [-0.39, 0.29) is 24.0 Å². The van der Waals surface area contributed by atoms with Gasteiger partial charge in [0.25, 0.3) is 0 Å². The molecule has 14 heavy (non-hydrogen) atoms. The highest BCUT2D eigenvalue weighted by atomic mass is 16.2. The molecule has 0 spiro atoms. The summed E-state index contributed by atoms with van der Waals surface area (Å²) in [5.41, 5.74) is 5.54. The summed E-state index contributed by atoms with van der Waals surface area (Å²) >= 11 is 0. The van der Waals surface area contributed by atoms with Crippen LogP contribution in [-0.2, 0) is 4.79 Å². The van der Waals surface area contributed by atoms with E-state index in [0.717, 1.165) is 0 Å². The molecule has 0 aliphatic rings. The van der Waals surface area contributed by atoms with E-state index in [1.54, 1.807) is 0 Å². The molecule has 2 atom stereocenters. The Hall–Kier alpha value is -0.610. The molecule has 2 unspecified atom stereocenters. The standard InChI is InChI=1S/C10H23N3O/c1-7(2)12-10(14)9(4)13(5)8(3)6-11/h7-9H,6,11H2,1-5H3,(H,12,14). The lowest BCUT2D eigenvalue weighted by molar-refractivity contribution is -0.126. The van der Waals surface area contributed by atoms with Crippen molar-refractivity contribution in [3.63, 3.8) is 0 Å². The van der Waals surface area contributed by atoms with Crippen LogP contribution in [0, 0.1) is 0 Å². The van der Waals surface area contributed by atoms with Crippen molar-refractivity contribution in [1.82, 2.24) is 10.2 Å². The maximum absolute atomic E-state index is 11.6. The fourth-order valence-electron chi connectivity index (χ4n) is 1.14. The van der Waals surface area contributed by atoms with Crippen molar-refractivity contribution in [2.45, 2.75) is 45.8 Å². The molecule has 0 saturated carbocycles. The van der Waals surface area contributed by atoms with Gasteiger partial charge in [0, 0.05) is 18.6 Å². The van der Waals surface area contributed by atoms with Gasteiger partial charge in [-0.15, -0.1) is 0 Å². The van der Waals surface area contributed by atoms with Gasteiger partial charge in [0.1, 0.15) is 0 Å². The summed E-state index contributed by atoms with van der Waals surface area (Å²) in [6, 6.07) is 0.283. The first-order chi connectivity index (χ1) is 6.40. The summed E-state index contributed by atoms with van der Waals surface area (Å²) in [5, 5.41) is 2.88. The van der Waals surface area contributed by atoms with E-state index in [2.05, 4.69) is 5.32 Å². The second-order valence-electron chi connectivity index (χ2n) is 4.09. The summed E-state index contributed by atoms with van der Waals surface area (Å²) < 4.78 is 0. The molecule has 0 heterocycles. The SMILES string of the molecule is CC(C)NC(=O)C(C)N(C)C(C)CN. The van der Waals surface area contributed by atoms with E-state index in [1.165, 1.54) is 0 Å². The van der Waals surface area contributed by atoms with Crippen LogP contribution in [0.4, 0.5) is 0 Å². The third-order valence-corrected chi connectivity index (χ3v) is 2.46. The van der Waals surface area contributed by atoms with Crippen molar-refractivity contribution in [1.29, 1.82) is 0 Å². The zero-order chi connectivity index (χ0) is 11.3. The number of likely N-dealkylation sites (N-methyl/N-ethyl adjacent to an activating group) is 1. The van der Waals surface area contributed by atoms with Crippen LogP contribution >= 0.6 is 0 Å². The second-order valence-corrected chi connectivity index (χ2v) is 4.09. The quantitative estimate of drug-likeness (QED) is 0.667. The van der Waals surface area contributed by atoms with Crippen LogP contribution in [0.2, 0.25) is 0 Å². The third kappa shape index (κ3) is 4.07. The van der Waals surface area contributed by atoms with Crippen LogP contribution in [0.1, 0.15) is 27.7 Å². The molecule has 0 saturated heterocycles. The van der Waals surface area contributed by atoms with Gasteiger partial charge in [-0.2, -0.15) is 0 Å². The molecule has 1 amide bonds. The van der Waals surface area contributed by atoms with Gasteiger partial charge in [0.2, 0.25) is 5.91 Å². The van der Waals surface area contributed by atoms with Crippen LogP contribution < -0.4 is 11.1 Å². The zero-order valence-electron chi connectivity index (χ0n) is 9.87. The molecule has 0 aliphatic carbocycles. The van der Waals surface area contributed by atoms with Crippen molar-refractivity contribution in [2.75, 3.05) is 13.6 Å². The van der Waals surface area contributed by atoms with E-state index in [1.807, 2.05) is 39.6 Å². The number of rotatable bonds is 5. The van der Waals surface area contributed by atoms with E-state index in [4.69, 9.17) is 5.73 Å². The molecule has 0 aliphatic heterocycles. The summed E-state index contributed by atoms with van der Waals surface area (Å²) in [7, 11) is 1.92. The van der Waals surface area contributed by atoms with Gasteiger partial charge in [-0.25, -0.2) is 0 Å². The van der Waals surface area contributed by atoms with Crippen molar-refractivity contribution < 1.29 is 4.79 Å². The number of nitrogens with two attached hydrogens (primary N) is 1. The zero-order valence-corrected chi connectivity index (χ0v) is 9.87. The van der Waals surface area contributed by atoms with Crippen molar-refractivity contribution in [3.05, 3.63) is 0 Å². The first-order valence-electron chi connectivity index (χ1n) is 5.12. The molecule has 3 N–H and O–H groups in total. The largest absolute Gasteiger partial charge is 0.353 e. The molecule has 4 heteroatoms. The van der Waals surface area contributed by atoms with Gasteiger partial charge < -0.3 is 11.1 Å². The van der Waals surface area contributed by atoms with Crippen LogP contribution in [0.15, 0.2) is 0 Å².